The maximum absolute atomic E-state index is 13.7. The summed E-state index contributed by atoms with van der Waals surface area (Å²) < 4.78 is 13.7. The number of aldehydes is 1. The fourth-order valence-electron chi connectivity index (χ4n) is 1.71. The molecule has 1 aromatic rings. The molecule has 0 saturated carbocycles. The zero-order valence-electron chi connectivity index (χ0n) is 10.3. The summed E-state index contributed by atoms with van der Waals surface area (Å²) in [5.74, 6) is -0.252. The van der Waals surface area contributed by atoms with Crippen LogP contribution in [0.4, 0.5) is 4.39 Å². The third-order valence-electron chi connectivity index (χ3n) is 2.73. The minimum Gasteiger partial charge on any atom is -0.298 e. The van der Waals surface area contributed by atoms with Gasteiger partial charge in [-0.05, 0) is 18.4 Å². The Balaban J connectivity index is 2.63. The van der Waals surface area contributed by atoms with Crippen LogP contribution in [-0.2, 0) is 11.2 Å². The Kier molecular flexibility index (Phi) is 6.23. The van der Waals surface area contributed by atoms with E-state index in [1.54, 1.807) is 0 Å². The van der Waals surface area contributed by atoms with Crippen molar-refractivity contribution < 1.29 is 9.18 Å². The highest BCUT2D eigenvalue weighted by Gasteiger charge is 2.06. The molecule has 0 radical (unpaired) electrons. The lowest BCUT2D eigenvalue weighted by Gasteiger charge is -2.04. The van der Waals surface area contributed by atoms with Gasteiger partial charge in [-0.15, -0.1) is 0 Å². The lowest BCUT2D eigenvalue weighted by atomic mass is 10.0. The van der Waals surface area contributed by atoms with Gasteiger partial charge in [0.25, 0.3) is 0 Å². The van der Waals surface area contributed by atoms with Crippen LogP contribution in [0.5, 0.6) is 0 Å². The SMILES string of the molecule is CCCCC/C(F)=C(/C=O)Cc1ccccc1. The lowest BCUT2D eigenvalue weighted by molar-refractivity contribution is -0.105. The van der Waals surface area contributed by atoms with Crippen molar-refractivity contribution in [1.29, 1.82) is 0 Å². The van der Waals surface area contributed by atoms with Gasteiger partial charge >= 0.3 is 0 Å². The smallest absolute Gasteiger partial charge is 0.148 e. The van der Waals surface area contributed by atoms with Gasteiger partial charge in [0.2, 0.25) is 0 Å². The number of rotatable bonds is 7. The highest BCUT2D eigenvalue weighted by molar-refractivity contribution is 5.74. The average Bonchev–Trinajstić information content (AvgIpc) is 2.37. The molecule has 0 atom stereocenters. The fraction of sp³-hybridized carbons (Fsp3) is 0.400. The highest BCUT2D eigenvalue weighted by Crippen LogP contribution is 2.17. The first-order valence-corrected chi connectivity index (χ1v) is 6.14. The van der Waals surface area contributed by atoms with E-state index in [1.807, 2.05) is 30.3 Å². The molecule has 0 aliphatic heterocycles. The molecular formula is C15H19FO. The molecule has 0 N–H and O–H groups in total. The van der Waals surface area contributed by atoms with Gasteiger partial charge in [-0.3, -0.25) is 4.79 Å². The Morgan fingerprint density at radius 2 is 1.94 bits per heavy atom. The van der Waals surface area contributed by atoms with E-state index in [-0.39, 0.29) is 11.4 Å². The molecule has 0 aliphatic rings. The minimum absolute atomic E-state index is 0.252. The zero-order valence-corrected chi connectivity index (χ0v) is 10.3. The topological polar surface area (TPSA) is 17.1 Å². The third kappa shape index (κ3) is 4.94. The van der Waals surface area contributed by atoms with Gasteiger partial charge in [-0.2, -0.15) is 0 Å². The van der Waals surface area contributed by atoms with Crippen molar-refractivity contribution >= 4 is 6.29 Å². The summed E-state index contributed by atoms with van der Waals surface area (Å²) >= 11 is 0. The van der Waals surface area contributed by atoms with Gasteiger partial charge in [-0.25, -0.2) is 4.39 Å². The number of hydrogen-bond acceptors (Lipinski definition) is 1. The van der Waals surface area contributed by atoms with Crippen molar-refractivity contribution in [1.82, 2.24) is 0 Å². The zero-order chi connectivity index (χ0) is 12.5. The maximum atomic E-state index is 13.7. The van der Waals surface area contributed by atoms with Crippen LogP contribution in [0.25, 0.3) is 0 Å². The van der Waals surface area contributed by atoms with Crippen LogP contribution >= 0.6 is 0 Å². The second kappa shape index (κ2) is 7.77. The van der Waals surface area contributed by atoms with Crippen LogP contribution < -0.4 is 0 Å². The Hall–Kier alpha value is -1.44. The van der Waals surface area contributed by atoms with Gasteiger partial charge in [0.15, 0.2) is 0 Å². The Labute approximate surface area is 102 Å². The number of allylic oxidation sites excluding steroid dienone is 2. The van der Waals surface area contributed by atoms with E-state index in [0.717, 1.165) is 24.8 Å². The second-order valence-electron chi connectivity index (χ2n) is 4.17. The number of carbonyl (C=O) groups is 1. The molecule has 1 nitrogen and oxygen atoms in total. The molecule has 0 bridgehead atoms. The number of hydrogen-bond donors (Lipinski definition) is 0. The van der Waals surface area contributed by atoms with Gasteiger partial charge in [-0.1, -0.05) is 50.1 Å². The largest absolute Gasteiger partial charge is 0.298 e. The molecule has 1 aromatic carbocycles. The van der Waals surface area contributed by atoms with Crippen LogP contribution in [0.2, 0.25) is 0 Å². The standard InChI is InChI=1S/C15H19FO/c1-2-3-5-10-15(16)14(12-17)11-13-8-6-4-7-9-13/h4,6-9,12H,2-3,5,10-11H2,1H3/b15-14-. The average molecular weight is 234 g/mol. The van der Waals surface area contributed by atoms with Gasteiger partial charge in [0.1, 0.15) is 12.1 Å². The Bertz CT molecular complexity index is 368. The van der Waals surface area contributed by atoms with E-state index < -0.39 is 0 Å². The molecule has 92 valence electrons. The molecule has 2 heteroatoms. The van der Waals surface area contributed by atoms with Crippen molar-refractivity contribution in [3.8, 4) is 0 Å². The number of carbonyl (C=O) groups excluding carboxylic acids is 1. The third-order valence-corrected chi connectivity index (χ3v) is 2.73. The number of halogens is 1. The number of unbranched alkanes of at least 4 members (excludes halogenated alkanes) is 2. The normalized spacial score (nSPS) is 12.1. The van der Waals surface area contributed by atoms with E-state index in [9.17, 15) is 9.18 Å². The molecule has 0 aliphatic carbocycles. The summed E-state index contributed by atoms with van der Waals surface area (Å²) in [6, 6.07) is 9.51. The monoisotopic (exact) mass is 234 g/mol. The van der Waals surface area contributed by atoms with Crippen LogP contribution in [-0.4, -0.2) is 6.29 Å². The fourth-order valence-corrected chi connectivity index (χ4v) is 1.71. The first kappa shape index (κ1) is 13.6. The molecule has 17 heavy (non-hydrogen) atoms. The lowest BCUT2D eigenvalue weighted by Crippen LogP contribution is -1.95. The van der Waals surface area contributed by atoms with Gasteiger partial charge in [0.05, 0.1) is 0 Å². The molecular weight excluding hydrogens is 215 g/mol. The van der Waals surface area contributed by atoms with Crippen molar-refractivity contribution in [2.45, 2.75) is 39.0 Å². The minimum atomic E-state index is -0.252. The van der Waals surface area contributed by atoms with Crippen molar-refractivity contribution in [3.05, 3.63) is 47.3 Å². The molecule has 0 amide bonds. The summed E-state index contributed by atoms with van der Waals surface area (Å²) in [7, 11) is 0. The van der Waals surface area contributed by atoms with E-state index in [1.165, 1.54) is 0 Å². The van der Waals surface area contributed by atoms with E-state index in [4.69, 9.17) is 0 Å². The first-order valence-electron chi connectivity index (χ1n) is 6.14. The molecule has 0 heterocycles. The molecule has 1 rings (SSSR count). The predicted octanol–water partition coefficient (Wildman–Crippen LogP) is 4.23. The van der Waals surface area contributed by atoms with E-state index in [0.29, 0.717) is 19.1 Å². The van der Waals surface area contributed by atoms with Crippen molar-refractivity contribution in [2.24, 2.45) is 0 Å². The number of benzene rings is 1. The molecule has 0 spiro atoms. The summed E-state index contributed by atoms with van der Waals surface area (Å²) in [6.45, 7) is 2.08. The van der Waals surface area contributed by atoms with Crippen LogP contribution in [0.3, 0.4) is 0 Å². The van der Waals surface area contributed by atoms with E-state index >= 15 is 0 Å². The molecule has 0 aromatic heterocycles. The van der Waals surface area contributed by atoms with Crippen LogP contribution in [0, 0.1) is 0 Å². The van der Waals surface area contributed by atoms with Gasteiger partial charge < -0.3 is 0 Å². The second-order valence-corrected chi connectivity index (χ2v) is 4.17. The highest BCUT2D eigenvalue weighted by atomic mass is 19.1. The quantitative estimate of drug-likeness (QED) is 0.392. The summed E-state index contributed by atoms with van der Waals surface area (Å²) in [5.41, 5.74) is 1.26. The van der Waals surface area contributed by atoms with Crippen molar-refractivity contribution in [2.75, 3.05) is 0 Å². The molecule has 0 unspecified atom stereocenters. The summed E-state index contributed by atoms with van der Waals surface area (Å²) in [6.07, 6.45) is 4.30. The summed E-state index contributed by atoms with van der Waals surface area (Å²) in [4.78, 5) is 10.9. The first-order chi connectivity index (χ1) is 8.27. The van der Waals surface area contributed by atoms with Crippen molar-refractivity contribution in [3.63, 3.8) is 0 Å². The van der Waals surface area contributed by atoms with Crippen LogP contribution in [0.1, 0.15) is 38.2 Å². The van der Waals surface area contributed by atoms with Gasteiger partial charge in [0, 0.05) is 12.0 Å². The molecule has 0 saturated heterocycles. The predicted molar refractivity (Wildman–Crippen MR) is 68.5 cm³/mol. The summed E-state index contributed by atoms with van der Waals surface area (Å²) in [5, 5.41) is 0. The Morgan fingerprint density at radius 3 is 2.53 bits per heavy atom. The Morgan fingerprint density at radius 1 is 1.24 bits per heavy atom. The maximum Gasteiger partial charge on any atom is 0.148 e. The van der Waals surface area contributed by atoms with E-state index in [2.05, 4.69) is 6.92 Å². The van der Waals surface area contributed by atoms with Crippen LogP contribution in [0.15, 0.2) is 41.7 Å². The molecule has 0 fully saturated rings.